The van der Waals surface area contributed by atoms with E-state index in [0.29, 0.717) is 5.92 Å². The highest BCUT2D eigenvalue weighted by Crippen LogP contribution is 2.26. The summed E-state index contributed by atoms with van der Waals surface area (Å²) in [5.74, 6) is 0.711. The predicted octanol–water partition coefficient (Wildman–Crippen LogP) is 2.75. The van der Waals surface area contributed by atoms with Crippen molar-refractivity contribution in [1.29, 1.82) is 0 Å². The molecule has 1 aromatic carbocycles. The lowest BCUT2D eigenvalue weighted by Gasteiger charge is -2.35. The van der Waals surface area contributed by atoms with Crippen molar-refractivity contribution in [1.82, 2.24) is 0 Å². The maximum atomic E-state index is 11.7. The van der Waals surface area contributed by atoms with Crippen molar-refractivity contribution in [2.24, 2.45) is 5.92 Å². The Morgan fingerprint density at radius 1 is 1.44 bits per heavy atom. The number of para-hydroxylation sites is 1. The average Bonchev–Trinajstić information content (AvgIpc) is 2.39. The summed E-state index contributed by atoms with van der Waals surface area (Å²) in [5.41, 5.74) is 1.90. The number of piperidine rings is 1. The Balaban J connectivity index is 2.18. The fourth-order valence-electron chi connectivity index (χ4n) is 2.70. The highest BCUT2D eigenvalue weighted by atomic mass is 16.5. The monoisotopic (exact) mass is 247 g/mol. The molecule has 1 fully saturated rings. The van der Waals surface area contributed by atoms with Gasteiger partial charge in [0.15, 0.2) is 5.78 Å². The first-order valence-corrected chi connectivity index (χ1v) is 6.56. The molecule has 1 heterocycles. The molecule has 18 heavy (non-hydrogen) atoms. The molecule has 1 saturated heterocycles. The number of hydrogen-bond donors (Lipinski definition) is 0. The van der Waals surface area contributed by atoms with Gasteiger partial charge in [-0.25, -0.2) is 0 Å². The highest BCUT2D eigenvalue weighted by Gasteiger charge is 2.22. The smallest absolute Gasteiger partial charge is 0.161 e. The Morgan fingerprint density at radius 2 is 2.22 bits per heavy atom. The third-order valence-electron chi connectivity index (χ3n) is 3.55. The zero-order valence-electron chi connectivity index (χ0n) is 11.2. The van der Waals surface area contributed by atoms with Gasteiger partial charge in [-0.2, -0.15) is 0 Å². The fourth-order valence-corrected chi connectivity index (χ4v) is 2.70. The summed E-state index contributed by atoms with van der Waals surface area (Å²) in [7, 11) is 1.75. The second-order valence-electron chi connectivity index (χ2n) is 4.98. The molecule has 1 aliphatic rings. The molecular weight excluding hydrogens is 226 g/mol. The van der Waals surface area contributed by atoms with E-state index in [1.54, 1.807) is 14.0 Å². The van der Waals surface area contributed by atoms with Crippen LogP contribution in [0.25, 0.3) is 0 Å². The van der Waals surface area contributed by atoms with E-state index in [1.807, 2.05) is 24.3 Å². The van der Waals surface area contributed by atoms with Gasteiger partial charge < -0.3 is 9.64 Å². The second-order valence-corrected chi connectivity index (χ2v) is 4.98. The van der Waals surface area contributed by atoms with E-state index < -0.39 is 0 Å². The van der Waals surface area contributed by atoms with Crippen molar-refractivity contribution < 1.29 is 9.53 Å². The van der Waals surface area contributed by atoms with Gasteiger partial charge in [-0.05, 0) is 37.8 Å². The highest BCUT2D eigenvalue weighted by molar-refractivity contribution is 5.99. The van der Waals surface area contributed by atoms with E-state index in [-0.39, 0.29) is 5.78 Å². The first kappa shape index (κ1) is 13.1. The molecule has 0 saturated carbocycles. The van der Waals surface area contributed by atoms with Crippen LogP contribution in [0.5, 0.6) is 0 Å². The molecule has 0 N–H and O–H groups in total. The van der Waals surface area contributed by atoms with Gasteiger partial charge in [0.2, 0.25) is 0 Å². The number of carbonyl (C=O) groups is 1. The second kappa shape index (κ2) is 6.01. The topological polar surface area (TPSA) is 29.5 Å². The van der Waals surface area contributed by atoms with Gasteiger partial charge in [-0.15, -0.1) is 0 Å². The first-order valence-electron chi connectivity index (χ1n) is 6.56. The number of nitrogens with zero attached hydrogens (tertiary/aromatic N) is 1. The summed E-state index contributed by atoms with van der Waals surface area (Å²) in [6.07, 6.45) is 2.38. The zero-order valence-corrected chi connectivity index (χ0v) is 11.2. The molecule has 98 valence electrons. The molecule has 1 atom stereocenters. The lowest BCUT2D eigenvalue weighted by Crippen LogP contribution is -2.37. The van der Waals surface area contributed by atoms with E-state index >= 15 is 0 Å². The van der Waals surface area contributed by atoms with Crippen LogP contribution in [0.3, 0.4) is 0 Å². The molecule has 1 unspecified atom stereocenters. The minimum Gasteiger partial charge on any atom is -0.384 e. The third kappa shape index (κ3) is 2.91. The number of ketones is 1. The zero-order chi connectivity index (χ0) is 13.0. The summed E-state index contributed by atoms with van der Waals surface area (Å²) in [6.45, 7) is 4.46. The Kier molecular flexibility index (Phi) is 4.37. The van der Waals surface area contributed by atoms with E-state index in [2.05, 4.69) is 4.90 Å². The van der Waals surface area contributed by atoms with Crippen LogP contribution in [0.1, 0.15) is 30.1 Å². The maximum Gasteiger partial charge on any atom is 0.161 e. The van der Waals surface area contributed by atoms with Crippen LogP contribution in [0.2, 0.25) is 0 Å². The Labute approximate surface area is 109 Å². The molecule has 1 aromatic rings. The molecule has 0 spiro atoms. The van der Waals surface area contributed by atoms with Crippen LogP contribution in [0, 0.1) is 5.92 Å². The Morgan fingerprint density at radius 3 is 2.94 bits per heavy atom. The van der Waals surface area contributed by atoms with Gasteiger partial charge in [0.05, 0.1) is 6.61 Å². The molecule has 3 nitrogen and oxygen atoms in total. The molecule has 0 aliphatic carbocycles. The van der Waals surface area contributed by atoms with Crippen LogP contribution < -0.4 is 4.90 Å². The standard InChI is InChI=1S/C15H21NO2/c1-12(17)14-7-3-4-8-15(14)16-9-5-6-13(10-16)11-18-2/h3-4,7-8,13H,5-6,9-11H2,1-2H3. The predicted molar refractivity (Wildman–Crippen MR) is 73.3 cm³/mol. The largest absolute Gasteiger partial charge is 0.384 e. The number of methoxy groups -OCH3 is 1. The lowest BCUT2D eigenvalue weighted by molar-refractivity contribution is 0.101. The Bertz CT molecular complexity index is 415. The SMILES string of the molecule is COCC1CCCN(c2ccccc2C(C)=O)C1. The van der Waals surface area contributed by atoms with Crippen LogP contribution in [-0.4, -0.2) is 32.6 Å². The van der Waals surface area contributed by atoms with Crippen molar-refractivity contribution in [2.75, 3.05) is 31.7 Å². The van der Waals surface area contributed by atoms with E-state index in [9.17, 15) is 4.79 Å². The number of anilines is 1. The minimum absolute atomic E-state index is 0.138. The first-order chi connectivity index (χ1) is 8.72. The number of rotatable bonds is 4. The molecule has 0 bridgehead atoms. The summed E-state index contributed by atoms with van der Waals surface area (Å²) < 4.78 is 5.25. The summed E-state index contributed by atoms with van der Waals surface area (Å²) in [6, 6.07) is 7.89. The summed E-state index contributed by atoms with van der Waals surface area (Å²) in [5, 5.41) is 0. The summed E-state index contributed by atoms with van der Waals surface area (Å²) >= 11 is 0. The number of Topliss-reactive ketones (excluding diaryl/α,β-unsaturated/α-hetero) is 1. The lowest BCUT2D eigenvalue weighted by atomic mass is 9.97. The number of ether oxygens (including phenoxy) is 1. The molecule has 3 heteroatoms. The number of benzene rings is 1. The van der Waals surface area contributed by atoms with Crippen molar-refractivity contribution in [2.45, 2.75) is 19.8 Å². The average molecular weight is 247 g/mol. The van der Waals surface area contributed by atoms with Gasteiger partial charge in [0, 0.05) is 31.5 Å². The fraction of sp³-hybridized carbons (Fsp3) is 0.533. The molecular formula is C15H21NO2. The molecule has 0 amide bonds. The normalized spacial score (nSPS) is 19.9. The molecule has 2 rings (SSSR count). The quantitative estimate of drug-likeness (QED) is 0.766. The van der Waals surface area contributed by atoms with Gasteiger partial charge in [0.25, 0.3) is 0 Å². The van der Waals surface area contributed by atoms with Gasteiger partial charge in [0.1, 0.15) is 0 Å². The minimum atomic E-state index is 0.138. The van der Waals surface area contributed by atoms with Crippen molar-refractivity contribution in [3.8, 4) is 0 Å². The van der Waals surface area contributed by atoms with Gasteiger partial charge >= 0.3 is 0 Å². The Hall–Kier alpha value is -1.35. The third-order valence-corrected chi connectivity index (χ3v) is 3.55. The number of hydrogen-bond acceptors (Lipinski definition) is 3. The molecule has 0 radical (unpaired) electrons. The van der Waals surface area contributed by atoms with Gasteiger partial charge in [-0.1, -0.05) is 12.1 Å². The van der Waals surface area contributed by atoms with E-state index in [0.717, 1.165) is 30.9 Å². The van der Waals surface area contributed by atoms with Crippen molar-refractivity contribution in [3.05, 3.63) is 29.8 Å². The molecule has 0 aromatic heterocycles. The van der Waals surface area contributed by atoms with Crippen LogP contribution in [0.4, 0.5) is 5.69 Å². The van der Waals surface area contributed by atoms with Crippen LogP contribution >= 0.6 is 0 Å². The molecule has 1 aliphatic heterocycles. The summed E-state index contributed by atoms with van der Waals surface area (Å²) in [4.78, 5) is 14.0. The van der Waals surface area contributed by atoms with Crippen LogP contribution in [0.15, 0.2) is 24.3 Å². The maximum absolute atomic E-state index is 11.7. The van der Waals surface area contributed by atoms with Gasteiger partial charge in [-0.3, -0.25) is 4.79 Å². The number of carbonyl (C=O) groups excluding carboxylic acids is 1. The van der Waals surface area contributed by atoms with E-state index in [1.165, 1.54) is 12.8 Å². The van der Waals surface area contributed by atoms with E-state index in [4.69, 9.17) is 4.74 Å². The van der Waals surface area contributed by atoms with Crippen molar-refractivity contribution in [3.63, 3.8) is 0 Å². The van der Waals surface area contributed by atoms with Crippen molar-refractivity contribution >= 4 is 11.5 Å². The van der Waals surface area contributed by atoms with Crippen LogP contribution in [-0.2, 0) is 4.74 Å².